The van der Waals surface area contributed by atoms with Gasteiger partial charge in [-0.25, -0.2) is 4.98 Å². The Balaban J connectivity index is 1.46. The van der Waals surface area contributed by atoms with E-state index in [0.717, 1.165) is 11.3 Å². The third kappa shape index (κ3) is 5.65. The van der Waals surface area contributed by atoms with Gasteiger partial charge in [0.1, 0.15) is 17.2 Å². The predicted molar refractivity (Wildman–Crippen MR) is 125 cm³/mol. The summed E-state index contributed by atoms with van der Waals surface area (Å²) < 4.78 is 16.2. The molecule has 0 aliphatic heterocycles. The van der Waals surface area contributed by atoms with Gasteiger partial charge in [0, 0.05) is 36.0 Å². The van der Waals surface area contributed by atoms with Gasteiger partial charge in [0.15, 0.2) is 5.82 Å². The first-order valence-electron chi connectivity index (χ1n) is 10.3. The quantitative estimate of drug-likeness (QED) is 0.420. The number of hydrogen-bond acceptors (Lipinski definition) is 6. The van der Waals surface area contributed by atoms with Crippen LogP contribution < -0.4 is 19.5 Å². The molecule has 0 bridgehead atoms. The van der Waals surface area contributed by atoms with E-state index in [1.165, 1.54) is 0 Å². The lowest BCUT2D eigenvalue weighted by Gasteiger charge is -2.09. The number of aromatic nitrogens is 2. The summed E-state index contributed by atoms with van der Waals surface area (Å²) in [5.74, 6) is 2.73. The molecule has 0 radical (unpaired) electrons. The number of nitrogens with zero attached hydrogens (tertiary/aromatic N) is 2. The fraction of sp³-hybridized carbons (Fsp3) is 0.115. The van der Waals surface area contributed by atoms with Gasteiger partial charge in [-0.1, -0.05) is 30.3 Å². The van der Waals surface area contributed by atoms with E-state index in [0.29, 0.717) is 40.9 Å². The zero-order chi connectivity index (χ0) is 23.0. The number of rotatable bonds is 8. The lowest BCUT2D eigenvalue weighted by molar-refractivity contribution is 0.0951. The highest BCUT2D eigenvalue weighted by atomic mass is 16.5. The normalized spacial score (nSPS) is 10.4. The largest absolute Gasteiger partial charge is 0.497 e. The maximum Gasteiger partial charge on any atom is 0.251 e. The number of amides is 1. The van der Waals surface area contributed by atoms with E-state index >= 15 is 0 Å². The molecule has 4 rings (SSSR count). The lowest BCUT2D eigenvalue weighted by Crippen LogP contribution is -2.22. The molecule has 1 aromatic heterocycles. The average Bonchev–Trinajstić information content (AvgIpc) is 2.88. The van der Waals surface area contributed by atoms with Crippen LogP contribution in [-0.2, 0) is 6.54 Å². The van der Waals surface area contributed by atoms with Crippen LogP contribution in [0.2, 0.25) is 0 Å². The summed E-state index contributed by atoms with van der Waals surface area (Å²) in [7, 11) is 3.22. The molecule has 0 fully saturated rings. The molecule has 4 aromatic rings. The Morgan fingerprint density at radius 3 is 2.39 bits per heavy atom. The minimum atomic E-state index is -0.184. The van der Waals surface area contributed by atoms with E-state index in [4.69, 9.17) is 14.2 Å². The van der Waals surface area contributed by atoms with Crippen molar-refractivity contribution < 1.29 is 19.0 Å². The Hall–Kier alpha value is -4.39. The number of benzene rings is 3. The number of hydrogen-bond donors (Lipinski definition) is 1. The number of methoxy groups -OCH3 is 2. The molecule has 0 spiro atoms. The van der Waals surface area contributed by atoms with Crippen molar-refractivity contribution in [2.75, 3.05) is 14.2 Å². The smallest absolute Gasteiger partial charge is 0.251 e. The maximum atomic E-state index is 12.7. The van der Waals surface area contributed by atoms with Crippen LogP contribution in [0.25, 0.3) is 11.4 Å². The second-order valence-electron chi connectivity index (χ2n) is 7.11. The van der Waals surface area contributed by atoms with Crippen LogP contribution in [-0.4, -0.2) is 30.1 Å². The minimum Gasteiger partial charge on any atom is -0.497 e. The van der Waals surface area contributed by atoms with Gasteiger partial charge < -0.3 is 19.5 Å². The van der Waals surface area contributed by atoms with Crippen molar-refractivity contribution in [3.63, 3.8) is 0 Å². The van der Waals surface area contributed by atoms with E-state index in [9.17, 15) is 4.79 Å². The summed E-state index contributed by atoms with van der Waals surface area (Å²) in [6.45, 7) is 0.410. The first-order chi connectivity index (χ1) is 16.1. The Bertz CT molecular complexity index is 1240. The molecule has 166 valence electrons. The molecule has 7 nitrogen and oxygen atoms in total. The topological polar surface area (TPSA) is 82.6 Å². The molecule has 0 aliphatic carbocycles. The summed E-state index contributed by atoms with van der Waals surface area (Å²) in [5.41, 5.74) is 2.21. The first kappa shape index (κ1) is 21.8. The van der Waals surface area contributed by atoms with Crippen LogP contribution in [0, 0.1) is 0 Å². The van der Waals surface area contributed by atoms with Crippen molar-refractivity contribution in [3.05, 3.63) is 96.2 Å². The van der Waals surface area contributed by atoms with Gasteiger partial charge in [-0.2, -0.15) is 4.98 Å². The molecule has 7 heteroatoms. The van der Waals surface area contributed by atoms with Gasteiger partial charge in [-0.15, -0.1) is 0 Å². The summed E-state index contributed by atoms with van der Waals surface area (Å²) >= 11 is 0. The van der Waals surface area contributed by atoms with E-state index in [1.807, 2.05) is 48.5 Å². The summed E-state index contributed by atoms with van der Waals surface area (Å²) in [5, 5.41) is 2.93. The Morgan fingerprint density at radius 1 is 0.848 bits per heavy atom. The van der Waals surface area contributed by atoms with E-state index in [-0.39, 0.29) is 5.91 Å². The standard InChI is InChI=1S/C26H23N3O4/c1-31-21-11-9-18(10-12-21)17-28-26(30)20-6-3-5-19(15-20)25-27-14-13-24(29-25)33-23-8-4-7-22(16-23)32-2/h3-16H,17H2,1-2H3,(H,28,30). The van der Waals surface area contributed by atoms with Crippen molar-refractivity contribution in [1.82, 2.24) is 15.3 Å². The summed E-state index contributed by atoms with van der Waals surface area (Å²) in [6, 6.07) is 23.7. The van der Waals surface area contributed by atoms with E-state index in [1.54, 1.807) is 50.7 Å². The van der Waals surface area contributed by atoms with Crippen molar-refractivity contribution in [2.24, 2.45) is 0 Å². The average molecular weight is 441 g/mol. The van der Waals surface area contributed by atoms with Crippen LogP contribution in [0.1, 0.15) is 15.9 Å². The molecule has 1 amide bonds. The molecular weight excluding hydrogens is 418 g/mol. The Kier molecular flexibility index (Phi) is 6.80. The number of ether oxygens (including phenoxy) is 3. The van der Waals surface area contributed by atoms with Gasteiger partial charge >= 0.3 is 0 Å². The van der Waals surface area contributed by atoms with Gasteiger partial charge in [0.25, 0.3) is 5.91 Å². The van der Waals surface area contributed by atoms with Gasteiger partial charge in [0.05, 0.1) is 14.2 Å². The van der Waals surface area contributed by atoms with Crippen molar-refractivity contribution in [3.8, 4) is 34.5 Å². The first-order valence-corrected chi connectivity index (χ1v) is 10.3. The molecule has 1 heterocycles. The highest BCUT2D eigenvalue weighted by Gasteiger charge is 2.10. The fourth-order valence-corrected chi connectivity index (χ4v) is 3.15. The molecule has 0 saturated heterocycles. The third-order valence-electron chi connectivity index (χ3n) is 4.89. The molecule has 0 atom stereocenters. The number of carbonyl (C=O) groups is 1. The summed E-state index contributed by atoms with van der Waals surface area (Å²) in [4.78, 5) is 21.5. The molecule has 3 aromatic carbocycles. The minimum absolute atomic E-state index is 0.184. The van der Waals surface area contributed by atoms with Gasteiger partial charge in [-0.05, 0) is 42.0 Å². The van der Waals surface area contributed by atoms with Crippen LogP contribution >= 0.6 is 0 Å². The molecule has 1 N–H and O–H groups in total. The highest BCUT2D eigenvalue weighted by Crippen LogP contribution is 2.25. The van der Waals surface area contributed by atoms with E-state index < -0.39 is 0 Å². The van der Waals surface area contributed by atoms with Gasteiger partial charge in [0.2, 0.25) is 5.88 Å². The molecule has 0 saturated carbocycles. The van der Waals surface area contributed by atoms with Crippen LogP contribution in [0.3, 0.4) is 0 Å². The molecular formula is C26H23N3O4. The monoisotopic (exact) mass is 441 g/mol. The molecule has 33 heavy (non-hydrogen) atoms. The van der Waals surface area contributed by atoms with E-state index in [2.05, 4.69) is 15.3 Å². The summed E-state index contributed by atoms with van der Waals surface area (Å²) in [6.07, 6.45) is 1.62. The zero-order valence-electron chi connectivity index (χ0n) is 18.3. The number of nitrogens with one attached hydrogen (secondary N) is 1. The maximum absolute atomic E-state index is 12.7. The number of carbonyl (C=O) groups excluding carboxylic acids is 1. The van der Waals surface area contributed by atoms with Crippen LogP contribution in [0.4, 0.5) is 0 Å². The fourth-order valence-electron chi connectivity index (χ4n) is 3.15. The Morgan fingerprint density at radius 2 is 1.61 bits per heavy atom. The Labute approximate surface area is 192 Å². The molecule has 0 aliphatic rings. The SMILES string of the molecule is COc1ccc(CNC(=O)c2cccc(-c3nccc(Oc4cccc(OC)c4)n3)c2)cc1. The van der Waals surface area contributed by atoms with Crippen molar-refractivity contribution in [2.45, 2.75) is 6.54 Å². The van der Waals surface area contributed by atoms with Crippen LogP contribution in [0.5, 0.6) is 23.1 Å². The predicted octanol–water partition coefficient (Wildman–Crippen LogP) is 4.88. The second kappa shape index (κ2) is 10.3. The van der Waals surface area contributed by atoms with Gasteiger partial charge in [-0.3, -0.25) is 4.79 Å². The van der Waals surface area contributed by atoms with Crippen LogP contribution in [0.15, 0.2) is 85.1 Å². The highest BCUT2D eigenvalue weighted by molar-refractivity contribution is 5.95. The zero-order valence-corrected chi connectivity index (χ0v) is 18.3. The second-order valence-corrected chi connectivity index (χ2v) is 7.11. The molecule has 0 unspecified atom stereocenters. The van der Waals surface area contributed by atoms with Crippen molar-refractivity contribution in [1.29, 1.82) is 0 Å². The third-order valence-corrected chi connectivity index (χ3v) is 4.89. The lowest BCUT2D eigenvalue weighted by atomic mass is 10.1. The van der Waals surface area contributed by atoms with Crippen molar-refractivity contribution >= 4 is 5.91 Å².